The molecule has 5 heteroatoms. The summed E-state index contributed by atoms with van der Waals surface area (Å²) >= 11 is 0. The van der Waals surface area contributed by atoms with Gasteiger partial charge in [0.15, 0.2) is 0 Å². The van der Waals surface area contributed by atoms with Gasteiger partial charge in [-0.2, -0.15) is 5.26 Å². The van der Waals surface area contributed by atoms with Crippen LogP contribution in [0.4, 0.5) is 11.4 Å². The quantitative estimate of drug-likeness (QED) is 0.724. The van der Waals surface area contributed by atoms with Crippen LogP contribution in [0.25, 0.3) is 0 Å². The summed E-state index contributed by atoms with van der Waals surface area (Å²) in [5.41, 5.74) is 7.71. The Balaban J connectivity index is 2.60. The smallest absolute Gasteiger partial charge is 0.0992 e. The van der Waals surface area contributed by atoms with E-state index in [1.54, 1.807) is 32.4 Å². The Labute approximate surface area is 101 Å². The number of nitrogens with two attached hydrogens (primary N) is 1. The van der Waals surface area contributed by atoms with Gasteiger partial charge >= 0.3 is 0 Å². The molecule has 0 spiro atoms. The van der Waals surface area contributed by atoms with Crippen LogP contribution < -0.4 is 11.1 Å². The number of benzene rings is 1. The van der Waals surface area contributed by atoms with Crippen molar-refractivity contribution in [1.29, 1.82) is 5.26 Å². The van der Waals surface area contributed by atoms with E-state index in [1.807, 2.05) is 6.07 Å². The van der Waals surface area contributed by atoms with Crippen LogP contribution in [0, 0.1) is 11.3 Å². The molecule has 0 saturated carbocycles. The van der Waals surface area contributed by atoms with Crippen LogP contribution in [0.3, 0.4) is 0 Å². The molecule has 1 atom stereocenters. The minimum Gasteiger partial charge on any atom is -0.397 e. The van der Waals surface area contributed by atoms with Gasteiger partial charge in [0.2, 0.25) is 0 Å². The van der Waals surface area contributed by atoms with Gasteiger partial charge in [0.05, 0.1) is 35.7 Å². The fourth-order valence-electron chi connectivity index (χ4n) is 1.41. The molecule has 1 aromatic rings. The number of anilines is 2. The fraction of sp³-hybridized carbons (Fsp3) is 0.417. The minimum absolute atomic E-state index is 0.0324. The van der Waals surface area contributed by atoms with Gasteiger partial charge < -0.3 is 20.5 Å². The molecule has 0 aliphatic rings. The van der Waals surface area contributed by atoms with E-state index in [-0.39, 0.29) is 6.10 Å². The Hall–Kier alpha value is -1.77. The van der Waals surface area contributed by atoms with Crippen LogP contribution in [-0.2, 0) is 9.47 Å². The second-order valence-electron chi connectivity index (χ2n) is 3.61. The third-order valence-corrected chi connectivity index (χ3v) is 2.39. The van der Waals surface area contributed by atoms with Crippen molar-refractivity contribution in [3.05, 3.63) is 23.8 Å². The van der Waals surface area contributed by atoms with Crippen LogP contribution in [0.1, 0.15) is 5.56 Å². The summed E-state index contributed by atoms with van der Waals surface area (Å²) in [7, 11) is 3.26. The van der Waals surface area contributed by atoms with Crippen LogP contribution in [0.5, 0.6) is 0 Å². The lowest BCUT2D eigenvalue weighted by molar-refractivity contribution is 0.0366. The fourth-order valence-corrected chi connectivity index (χ4v) is 1.41. The minimum atomic E-state index is -0.0324. The van der Waals surface area contributed by atoms with Crippen molar-refractivity contribution in [2.45, 2.75) is 6.10 Å². The van der Waals surface area contributed by atoms with Crippen LogP contribution in [0.2, 0.25) is 0 Å². The molecule has 3 N–H and O–H groups in total. The average molecular weight is 235 g/mol. The Morgan fingerprint density at radius 2 is 2.24 bits per heavy atom. The molecule has 92 valence electrons. The van der Waals surface area contributed by atoms with Crippen LogP contribution in [0.15, 0.2) is 18.2 Å². The Kier molecular flexibility index (Phi) is 5.27. The molecule has 5 nitrogen and oxygen atoms in total. The summed E-state index contributed by atoms with van der Waals surface area (Å²) in [5.74, 6) is 0. The largest absolute Gasteiger partial charge is 0.397 e. The molecule has 0 radical (unpaired) electrons. The second kappa shape index (κ2) is 6.74. The Morgan fingerprint density at radius 1 is 1.47 bits per heavy atom. The first kappa shape index (κ1) is 13.3. The van der Waals surface area contributed by atoms with E-state index in [9.17, 15) is 0 Å². The monoisotopic (exact) mass is 235 g/mol. The van der Waals surface area contributed by atoms with Crippen molar-refractivity contribution in [2.75, 3.05) is 38.4 Å². The number of hydrogen-bond donors (Lipinski definition) is 2. The van der Waals surface area contributed by atoms with E-state index in [4.69, 9.17) is 20.5 Å². The molecule has 0 amide bonds. The van der Waals surface area contributed by atoms with Crippen molar-refractivity contribution in [2.24, 2.45) is 0 Å². The van der Waals surface area contributed by atoms with Gasteiger partial charge in [-0.25, -0.2) is 0 Å². The summed E-state index contributed by atoms with van der Waals surface area (Å²) in [5, 5.41) is 11.9. The molecule has 0 fully saturated rings. The van der Waals surface area contributed by atoms with E-state index in [0.29, 0.717) is 24.4 Å². The van der Waals surface area contributed by atoms with Gasteiger partial charge in [-0.15, -0.1) is 0 Å². The Bertz CT molecular complexity index is 401. The number of hydrogen-bond acceptors (Lipinski definition) is 5. The maximum atomic E-state index is 8.72. The second-order valence-corrected chi connectivity index (χ2v) is 3.61. The van der Waals surface area contributed by atoms with Crippen molar-refractivity contribution >= 4 is 11.4 Å². The molecule has 0 aliphatic carbocycles. The number of ether oxygens (including phenoxy) is 2. The maximum Gasteiger partial charge on any atom is 0.0992 e. The molecule has 1 unspecified atom stereocenters. The number of nitrogens with zero attached hydrogens (tertiary/aromatic N) is 1. The number of nitriles is 1. The predicted molar refractivity (Wildman–Crippen MR) is 66.7 cm³/mol. The lowest BCUT2D eigenvalue weighted by Gasteiger charge is -2.16. The van der Waals surface area contributed by atoms with Gasteiger partial charge in [-0.05, 0) is 18.2 Å². The van der Waals surface area contributed by atoms with E-state index in [2.05, 4.69) is 5.32 Å². The van der Waals surface area contributed by atoms with Gasteiger partial charge in [0.25, 0.3) is 0 Å². The maximum absolute atomic E-state index is 8.72. The van der Waals surface area contributed by atoms with Crippen LogP contribution in [-0.4, -0.2) is 33.5 Å². The molecular formula is C12H17N3O2. The first-order chi connectivity index (χ1) is 8.21. The topological polar surface area (TPSA) is 80.3 Å². The first-order valence-electron chi connectivity index (χ1n) is 5.26. The Morgan fingerprint density at radius 3 is 2.76 bits per heavy atom. The highest BCUT2D eigenvalue weighted by Crippen LogP contribution is 2.19. The highest BCUT2D eigenvalue weighted by Gasteiger charge is 2.07. The molecular weight excluding hydrogens is 218 g/mol. The number of rotatable bonds is 6. The van der Waals surface area contributed by atoms with Crippen molar-refractivity contribution < 1.29 is 9.47 Å². The van der Waals surface area contributed by atoms with E-state index in [1.165, 1.54) is 0 Å². The van der Waals surface area contributed by atoms with Crippen molar-refractivity contribution in [3.8, 4) is 6.07 Å². The molecule has 1 rings (SSSR count). The van der Waals surface area contributed by atoms with E-state index in [0.717, 1.165) is 5.69 Å². The molecule has 0 heterocycles. The normalized spacial score (nSPS) is 11.8. The summed E-state index contributed by atoms with van der Waals surface area (Å²) in [4.78, 5) is 0. The van der Waals surface area contributed by atoms with Crippen LogP contribution >= 0.6 is 0 Å². The summed E-state index contributed by atoms with van der Waals surface area (Å²) in [6, 6.07) is 7.18. The number of methoxy groups -OCH3 is 2. The summed E-state index contributed by atoms with van der Waals surface area (Å²) in [6.07, 6.45) is -0.0324. The number of nitrogens with one attached hydrogen (secondary N) is 1. The third-order valence-electron chi connectivity index (χ3n) is 2.39. The molecule has 0 bridgehead atoms. The molecule has 17 heavy (non-hydrogen) atoms. The molecule has 0 aromatic heterocycles. The first-order valence-corrected chi connectivity index (χ1v) is 5.26. The lowest BCUT2D eigenvalue weighted by atomic mass is 10.2. The zero-order chi connectivity index (χ0) is 12.7. The highest BCUT2D eigenvalue weighted by molar-refractivity contribution is 5.68. The van der Waals surface area contributed by atoms with Gasteiger partial charge in [0.1, 0.15) is 0 Å². The van der Waals surface area contributed by atoms with E-state index >= 15 is 0 Å². The van der Waals surface area contributed by atoms with Gasteiger partial charge in [-0.3, -0.25) is 0 Å². The molecule has 0 saturated heterocycles. The van der Waals surface area contributed by atoms with Gasteiger partial charge in [-0.1, -0.05) is 0 Å². The average Bonchev–Trinajstić information content (AvgIpc) is 2.35. The van der Waals surface area contributed by atoms with E-state index < -0.39 is 0 Å². The lowest BCUT2D eigenvalue weighted by Crippen LogP contribution is -2.26. The third kappa shape index (κ3) is 3.94. The van der Waals surface area contributed by atoms with Crippen molar-refractivity contribution in [1.82, 2.24) is 0 Å². The van der Waals surface area contributed by atoms with Gasteiger partial charge in [0, 0.05) is 20.8 Å². The number of nitrogen functional groups attached to an aromatic ring is 1. The SMILES string of the molecule is COCC(CNc1ccc(C#N)cc1N)OC. The summed E-state index contributed by atoms with van der Waals surface area (Å²) in [6.45, 7) is 1.11. The zero-order valence-electron chi connectivity index (χ0n) is 10.1. The predicted octanol–water partition coefficient (Wildman–Crippen LogP) is 1.21. The summed E-state index contributed by atoms with van der Waals surface area (Å²) < 4.78 is 10.2. The molecule has 0 aliphatic heterocycles. The zero-order valence-corrected chi connectivity index (χ0v) is 10.1. The molecule has 1 aromatic carbocycles. The van der Waals surface area contributed by atoms with Crippen molar-refractivity contribution in [3.63, 3.8) is 0 Å². The highest BCUT2D eigenvalue weighted by atomic mass is 16.5. The standard InChI is InChI=1S/C12H17N3O2/c1-16-8-10(17-2)7-15-12-4-3-9(6-13)5-11(12)14/h3-5,10,15H,7-8,14H2,1-2H3.